The summed E-state index contributed by atoms with van der Waals surface area (Å²) in [6, 6.07) is 1.04. The molecule has 0 spiro atoms. The van der Waals surface area contributed by atoms with Crippen LogP contribution >= 0.6 is 58.0 Å². The van der Waals surface area contributed by atoms with E-state index in [0.717, 1.165) is 6.07 Å². The first-order chi connectivity index (χ1) is 7.77. The van der Waals surface area contributed by atoms with Gasteiger partial charge in [0.15, 0.2) is 0 Å². The lowest BCUT2D eigenvalue weighted by atomic mass is 10.1. The van der Waals surface area contributed by atoms with E-state index < -0.39 is 21.3 Å². The van der Waals surface area contributed by atoms with E-state index in [1.54, 1.807) is 0 Å². The highest BCUT2D eigenvalue weighted by atomic mass is 35.5. The monoisotopic (exact) mass is 332 g/mol. The Kier molecular flexibility index (Phi) is 4.81. The molecule has 0 radical (unpaired) electrons. The molecular weight excluding hydrogens is 333 g/mol. The molecule has 1 aromatic rings. The molecule has 3 nitrogen and oxygen atoms in total. The van der Waals surface area contributed by atoms with E-state index in [4.69, 9.17) is 58.0 Å². The first kappa shape index (κ1) is 14.7. The molecule has 0 aromatic heterocycles. The summed E-state index contributed by atoms with van der Waals surface area (Å²) < 4.78 is 0. The van der Waals surface area contributed by atoms with Crippen LogP contribution in [0.1, 0.15) is 31.1 Å². The predicted molar refractivity (Wildman–Crippen MR) is 67.0 cm³/mol. The first-order valence-corrected chi connectivity index (χ1v) is 5.77. The van der Waals surface area contributed by atoms with Gasteiger partial charge in [-0.15, -0.1) is 0 Å². The summed E-state index contributed by atoms with van der Waals surface area (Å²) in [5, 5.41) is -3.62. The van der Waals surface area contributed by atoms with Crippen LogP contribution in [-0.4, -0.2) is 15.7 Å². The summed E-state index contributed by atoms with van der Waals surface area (Å²) in [5.74, 6) is 0. The summed E-state index contributed by atoms with van der Waals surface area (Å²) in [4.78, 5) is 33.3. The third-order valence-electron chi connectivity index (χ3n) is 1.82. The number of hydrogen-bond acceptors (Lipinski definition) is 3. The van der Waals surface area contributed by atoms with Crippen molar-refractivity contribution in [3.05, 3.63) is 32.8 Å². The fraction of sp³-hybridized carbons (Fsp3) is 0. The van der Waals surface area contributed by atoms with Gasteiger partial charge in [-0.1, -0.05) is 23.2 Å². The molecule has 0 saturated carbocycles. The maximum atomic E-state index is 11.2. The van der Waals surface area contributed by atoms with Gasteiger partial charge in [0.25, 0.3) is 15.7 Å². The zero-order chi connectivity index (χ0) is 13.3. The quantitative estimate of drug-likeness (QED) is 0.781. The number of carbonyl (C=O) groups excluding carboxylic acids is 3. The van der Waals surface area contributed by atoms with Crippen LogP contribution in [0.3, 0.4) is 0 Å². The van der Waals surface area contributed by atoms with Crippen molar-refractivity contribution in [3.8, 4) is 0 Å². The Morgan fingerprint density at radius 3 is 1.65 bits per heavy atom. The van der Waals surface area contributed by atoms with Gasteiger partial charge in [0, 0.05) is 0 Å². The minimum Gasteiger partial charge on any atom is -0.276 e. The molecule has 0 atom stereocenters. The largest absolute Gasteiger partial charge is 0.276 e. The van der Waals surface area contributed by atoms with Crippen molar-refractivity contribution in [3.63, 3.8) is 0 Å². The molecule has 8 heteroatoms. The Balaban J connectivity index is 3.78. The molecule has 0 saturated heterocycles. The van der Waals surface area contributed by atoms with Crippen LogP contribution in [0.4, 0.5) is 0 Å². The van der Waals surface area contributed by atoms with Crippen molar-refractivity contribution < 1.29 is 14.4 Å². The maximum Gasteiger partial charge on any atom is 0.254 e. The van der Waals surface area contributed by atoms with E-state index in [9.17, 15) is 14.4 Å². The minimum atomic E-state index is -1.07. The van der Waals surface area contributed by atoms with E-state index in [1.165, 1.54) is 0 Å². The Labute approximate surface area is 121 Å². The molecule has 0 aliphatic rings. The molecule has 1 aromatic carbocycles. The molecule has 0 bridgehead atoms. The van der Waals surface area contributed by atoms with E-state index >= 15 is 0 Å². The topological polar surface area (TPSA) is 51.2 Å². The summed E-state index contributed by atoms with van der Waals surface area (Å²) in [6.45, 7) is 0. The van der Waals surface area contributed by atoms with E-state index in [0.29, 0.717) is 0 Å². The second kappa shape index (κ2) is 5.55. The molecule has 0 aliphatic heterocycles. The van der Waals surface area contributed by atoms with Gasteiger partial charge in [-0.3, -0.25) is 14.4 Å². The van der Waals surface area contributed by atoms with Gasteiger partial charge in [0.2, 0.25) is 0 Å². The first-order valence-electron chi connectivity index (χ1n) is 3.88. The van der Waals surface area contributed by atoms with Gasteiger partial charge in [-0.2, -0.15) is 0 Å². The van der Waals surface area contributed by atoms with Crippen molar-refractivity contribution in [2.45, 2.75) is 0 Å². The number of halogens is 5. The van der Waals surface area contributed by atoms with Crippen molar-refractivity contribution in [1.29, 1.82) is 0 Å². The number of hydrogen-bond donors (Lipinski definition) is 0. The van der Waals surface area contributed by atoms with Crippen molar-refractivity contribution in [1.82, 2.24) is 0 Å². The highest BCUT2D eigenvalue weighted by molar-refractivity contribution is 6.74. The summed E-state index contributed by atoms with van der Waals surface area (Å²) in [5.41, 5.74) is -1.03. The van der Waals surface area contributed by atoms with Crippen LogP contribution in [0.5, 0.6) is 0 Å². The smallest absolute Gasteiger partial charge is 0.254 e. The Morgan fingerprint density at radius 1 is 0.824 bits per heavy atom. The van der Waals surface area contributed by atoms with Crippen molar-refractivity contribution in [2.75, 3.05) is 0 Å². The standard InChI is InChI=1S/C9HCl5O3/c10-3-1-2(7(12)15)6(11)5(9(14)17)4(3)8(13)16/h1H. The van der Waals surface area contributed by atoms with Gasteiger partial charge >= 0.3 is 0 Å². The van der Waals surface area contributed by atoms with Gasteiger partial charge in [-0.25, -0.2) is 0 Å². The molecule has 0 amide bonds. The highest BCUT2D eigenvalue weighted by Gasteiger charge is 2.26. The van der Waals surface area contributed by atoms with E-state index in [-0.39, 0.29) is 21.2 Å². The zero-order valence-corrected chi connectivity index (χ0v) is 11.5. The van der Waals surface area contributed by atoms with Gasteiger partial charge in [0.05, 0.1) is 26.7 Å². The van der Waals surface area contributed by atoms with Gasteiger partial charge in [0.1, 0.15) is 0 Å². The lowest BCUT2D eigenvalue weighted by Crippen LogP contribution is -2.07. The van der Waals surface area contributed by atoms with Crippen LogP contribution in [0.25, 0.3) is 0 Å². The van der Waals surface area contributed by atoms with Crippen LogP contribution in [0.2, 0.25) is 10.0 Å². The van der Waals surface area contributed by atoms with E-state index in [2.05, 4.69) is 0 Å². The van der Waals surface area contributed by atoms with Crippen LogP contribution in [-0.2, 0) is 0 Å². The fourth-order valence-corrected chi connectivity index (χ4v) is 2.44. The average Bonchev–Trinajstić information content (AvgIpc) is 2.18. The van der Waals surface area contributed by atoms with Gasteiger partial charge in [-0.05, 0) is 40.9 Å². The van der Waals surface area contributed by atoms with Crippen LogP contribution in [0.15, 0.2) is 6.07 Å². The second-order valence-corrected chi connectivity index (χ2v) is 4.61. The predicted octanol–water partition coefficient (Wildman–Crippen LogP) is 4.13. The molecule has 0 heterocycles. The maximum absolute atomic E-state index is 11.2. The van der Waals surface area contributed by atoms with Crippen LogP contribution in [0, 0.1) is 0 Å². The summed E-state index contributed by atoms with van der Waals surface area (Å²) >= 11 is 27.2. The molecule has 0 fully saturated rings. The number of benzene rings is 1. The average molecular weight is 334 g/mol. The molecular formula is C9HCl5O3. The number of carbonyl (C=O) groups is 3. The lowest BCUT2D eigenvalue weighted by molar-refractivity contribution is 0.105. The Bertz CT molecular complexity index is 538. The van der Waals surface area contributed by atoms with Crippen molar-refractivity contribution in [2.24, 2.45) is 0 Å². The molecule has 17 heavy (non-hydrogen) atoms. The summed E-state index contributed by atoms with van der Waals surface area (Å²) in [6.07, 6.45) is 0. The molecule has 1 rings (SSSR count). The highest BCUT2D eigenvalue weighted by Crippen LogP contribution is 2.33. The van der Waals surface area contributed by atoms with E-state index in [1.807, 2.05) is 0 Å². The SMILES string of the molecule is O=C(Cl)c1cc(Cl)c(C(=O)Cl)c(C(=O)Cl)c1Cl. The normalized spacial score (nSPS) is 10.2. The van der Waals surface area contributed by atoms with Crippen molar-refractivity contribution >= 4 is 73.7 Å². The lowest BCUT2D eigenvalue weighted by Gasteiger charge is -2.09. The molecule has 0 aliphatic carbocycles. The number of rotatable bonds is 3. The fourth-order valence-electron chi connectivity index (χ4n) is 1.15. The van der Waals surface area contributed by atoms with Gasteiger partial charge < -0.3 is 0 Å². The van der Waals surface area contributed by atoms with Crippen LogP contribution < -0.4 is 0 Å². The zero-order valence-electron chi connectivity index (χ0n) is 7.69. The Hall–Kier alpha value is -0.320. The summed E-state index contributed by atoms with van der Waals surface area (Å²) in [7, 11) is 0. The molecule has 0 N–H and O–H groups in total. The third-order valence-corrected chi connectivity index (χ3v) is 3.09. The second-order valence-electron chi connectivity index (χ2n) is 2.79. The molecule has 0 unspecified atom stereocenters. The third kappa shape index (κ3) is 2.92. The Morgan fingerprint density at radius 2 is 1.29 bits per heavy atom. The minimum absolute atomic E-state index is 0.232. The molecule has 90 valence electrons.